The Morgan fingerprint density at radius 3 is 1.36 bits per heavy atom. The quantitative estimate of drug-likeness (QED) is 0.335. The number of carbonyl (C=O) groups excluding carboxylic acids is 3. The first kappa shape index (κ1) is 12.3. The van der Waals surface area contributed by atoms with E-state index in [0.29, 0.717) is 0 Å². The molecule has 0 aromatic carbocycles. The van der Waals surface area contributed by atoms with Crippen LogP contribution in [-0.4, -0.2) is 24.6 Å². The van der Waals surface area contributed by atoms with Crippen molar-refractivity contribution in [2.45, 2.75) is 6.16 Å². The minimum atomic E-state index is -2.33. The summed E-state index contributed by atoms with van der Waals surface area (Å²) in [6.07, 6.45) is -5.97. The molecule has 2 rings (SSSR count). The van der Waals surface area contributed by atoms with Crippen molar-refractivity contribution in [2.75, 3.05) is 0 Å². The minimum absolute atomic E-state index is 0. The van der Waals surface area contributed by atoms with Crippen molar-refractivity contribution in [1.29, 1.82) is 0 Å². The Morgan fingerprint density at radius 2 is 1.21 bits per heavy atom. The van der Waals surface area contributed by atoms with Crippen LogP contribution in [0.2, 0.25) is 0 Å². The smallest absolute Gasteiger partial charge is 0.652 e. The van der Waals surface area contributed by atoms with Crippen LogP contribution < -0.4 is 10.2 Å². The summed E-state index contributed by atoms with van der Waals surface area (Å²) in [6, 6.07) is 0. The van der Waals surface area contributed by atoms with E-state index in [1.807, 2.05) is 0 Å². The van der Waals surface area contributed by atoms with Crippen molar-refractivity contribution in [1.82, 2.24) is 0 Å². The topological polar surface area (TPSA) is 134 Å². The number of carbonyl (C=O) groups is 3. The van der Waals surface area contributed by atoms with E-state index in [1.54, 1.807) is 0 Å². The summed E-state index contributed by atoms with van der Waals surface area (Å²) in [5.74, 6) is 0. The van der Waals surface area contributed by atoms with Crippen LogP contribution in [0, 0.1) is 0 Å². The molecule has 0 atom stereocenters. The van der Waals surface area contributed by atoms with E-state index in [1.165, 1.54) is 0 Å². The fourth-order valence-electron chi connectivity index (χ4n) is 0.507. The van der Waals surface area contributed by atoms with Crippen molar-refractivity contribution in [2.24, 2.45) is 0 Å². The monoisotopic (exact) mass is 247 g/mol. The van der Waals surface area contributed by atoms with Gasteiger partial charge in [0.05, 0.1) is 0 Å². The van der Waals surface area contributed by atoms with Crippen LogP contribution in [0.3, 0.4) is 0 Å². The van der Waals surface area contributed by atoms with Crippen LogP contribution in [0.1, 0.15) is 0 Å². The largest absolute Gasteiger partial charge is 2.00 e. The second kappa shape index (κ2) is 4.03. The van der Waals surface area contributed by atoms with Gasteiger partial charge in [0.2, 0.25) is 0 Å². The summed E-state index contributed by atoms with van der Waals surface area (Å²) in [7, 11) is 0. The molecule has 2 heterocycles. The zero-order valence-corrected chi connectivity index (χ0v) is 7.23. The van der Waals surface area contributed by atoms with Gasteiger partial charge in [-0.05, 0) is 6.16 Å². The fourth-order valence-corrected chi connectivity index (χ4v) is 0.507. The molecule has 1 radical (unpaired) electrons. The predicted molar refractivity (Wildman–Crippen MR) is 23.3 cm³/mol. The summed E-state index contributed by atoms with van der Waals surface area (Å²) < 4.78 is 16.4. The standard InChI is InChI=1S/C3O6.CH2O3.Mn/c4-1-6-3(7-1)8-2(5)9-3;2-1(3)4;/h;(H2,2,3,4);/q;;+2/p-2. The third-order valence-corrected chi connectivity index (χ3v) is 0.833. The van der Waals surface area contributed by atoms with Crippen LogP contribution in [0.5, 0.6) is 0 Å². The van der Waals surface area contributed by atoms with Crippen molar-refractivity contribution >= 4 is 18.5 Å². The average molecular weight is 247 g/mol. The van der Waals surface area contributed by atoms with Gasteiger partial charge < -0.3 is 34.0 Å². The van der Waals surface area contributed by atoms with Crippen LogP contribution in [-0.2, 0) is 36.0 Å². The summed E-state index contributed by atoms with van der Waals surface area (Å²) >= 11 is 0. The molecule has 0 amide bonds. The number of hydrogen-bond donors (Lipinski definition) is 0. The van der Waals surface area contributed by atoms with Crippen molar-refractivity contribution < 1.29 is 60.6 Å². The second-order valence-electron chi connectivity index (χ2n) is 1.66. The molecule has 0 unspecified atom stereocenters. The van der Waals surface area contributed by atoms with Crippen molar-refractivity contribution in [3.63, 3.8) is 0 Å². The summed E-state index contributed by atoms with van der Waals surface area (Å²) in [5, 5.41) is 16.7. The Bertz CT molecular complexity index is 226. The maximum absolute atomic E-state index is 9.90. The Balaban J connectivity index is 0.000000299. The Morgan fingerprint density at radius 1 is 1.00 bits per heavy atom. The van der Waals surface area contributed by atoms with E-state index >= 15 is 0 Å². The molecular formula is C4MnO9. The summed E-state index contributed by atoms with van der Waals surface area (Å²) in [5.41, 5.74) is 0. The first-order valence-corrected chi connectivity index (χ1v) is 2.65. The van der Waals surface area contributed by atoms with Gasteiger partial charge in [-0.1, -0.05) is 0 Å². The molecule has 2 aliphatic rings. The van der Waals surface area contributed by atoms with Gasteiger partial charge in [-0.15, -0.1) is 0 Å². The van der Waals surface area contributed by atoms with Gasteiger partial charge in [-0.3, -0.25) is 0 Å². The molecular weight excluding hydrogens is 247 g/mol. The Kier molecular flexibility index (Phi) is 3.54. The number of hydrogen-bond acceptors (Lipinski definition) is 9. The molecule has 2 fully saturated rings. The van der Waals surface area contributed by atoms with Gasteiger partial charge in [0.1, 0.15) is 0 Å². The maximum atomic E-state index is 9.90. The van der Waals surface area contributed by atoms with Gasteiger partial charge >= 0.3 is 35.5 Å². The van der Waals surface area contributed by atoms with Crippen molar-refractivity contribution in [3.8, 4) is 0 Å². The second-order valence-corrected chi connectivity index (χ2v) is 1.66. The molecule has 0 saturated carbocycles. The first-order chi connectivity index (χ1) is 5.93. The maximum Gasteiger partial charge on any atom is 2.00 e. The normalized spacial score (nSPS) is 18.6. The van der Waals surface area contributed by atoms with Gasteiger partial charge in [-0.2, -0.15) is 0 Å². The molecule has 0 bridgehead atoms. The average Bonchev–Trinajstić information content (AvgIpc) is 1.79. The van der Waals surface area contributed by atoms with Crippen LogP contribution in [0.25, 0.3) is 0 Å². The Hall–Kier alpha value is -1.67. The summed E-state index contributed by atoms with van der Waals surface area (Å²) in [6.45, 7) is 0. The van der Waals surface area contributed by atoms with Crippen molar-refractivity contribution in [3.05, 3.63) is 0 Å². The third-order valence-electron chi connectivity index (χ3n) is 0.833. The Labute approximate surface area is 86.0 Å². The third kappa shape index (κ3) is 2.68. The number of carboxylic acid groups (broad SMARTS) is 2. The van der Waals surface area contributed by atoms with Crippen LogP contribution >= 0.6 is 0 Å². The predicted octanol–water partition coefficient (Wildman–Crippen LogP) is -2.52. The molecule has 0 aromatic rings. The molecule has 0 aliphatic carbocycles. The van der Waals surface area contributed by atoms with E-state index in [9.17, 15) is 9.59 Å². The van der Waals surface area contributed by atoms with Gasteiger partial charge in [0.15, 0.2) is 0 Å². The molecule has 9 nitrogen and oxygen atoms in total. The van der Waals surface area contributed by atoms with E-state index in [-0.39, 0.29) is 17.1 Å². The van der Waals surface area contributed by atoms with Crippen LogP contribution in [0.4, 0.5) is 14.4 Å². The molecule has 2 saturated heterocycles. The van der Waals surface area contributed by atoms with Crippen LogP contribution in [0.15, 0.2) is 0 Å². The molecule has 77 valence electrons. The zero-order valence-electron chi connectivity index (χ0n) is 6.05. The van der Waals surface area contributed by atoms with E-state index in [0.717, 1.165) is 0 Å². The summed E-state index contributed by atoms with van der Waals surface area (Å²) in [4.78, 5) is 28.1. The SMILES string of the molecule is O=C([O-])[O-].O=C1OC2(O1)OC(=O)O2.[Mn+2]. The first-order valence-electron chi connectivity index (χ1n) is 2.65. The zero-order chi connectivity index (χ0) is 10.1. The molecule has 14 heavy (non-hydrogen) atoms. The molecule has 2 aliphatic heterocycles. The minimum Gasteiger partial charge on any atom is -0.652 e. The number of rotatable bonds is 0. The van der Waals surface area contributed by atoms with E-state index in [2.05, 4.69) is 18.9 Å². The molecule has 10 heteroatoms. The molecule has 0 N–H and O–H groups in total. The van der Waals surface area contributed by atoms with E-state index in [4.69, 9.17) is 15.0 Å². The molecule has 1 spiro atoms. The van der Waals surface area contributed by atoms with Gasteiger partial charge in [0.25, 0.3) is 0 Å². The fraction of sp³-hybridized carbons (Fsp3) is 0.250. The van der Waals surface area contributed by atoms with Gasteiger partial charge in [0, 0.05) is 0 Å². The van der Waals surface area contributed by atoms with E-state index < -0.39 is 24.6 Å². The molecule has 0 aromatic heterocycles. The number of ether oxygens (including phenoxy) is 4. The van der Waals surface area contributed by atoms with Gasteiger partial charge in [-0.25, -0.2) is 9.59 Å².